The Balaban J connectivity index is 2.00. The van der Waals surface area contributed by atoms with E-state index in [4.69, 9.17) is 9.15 Å². The van der Waals surface area contributed by atoms with Crippen LogP contribution in [-0.2, 0) is 14.3 Å². The second-order valence-electron chi connectivity index (χ2n) is 6.37. The largest absolute Gasteiger partial charge is 0.450 e. The van der Waals surface area contributed by atoms with Gasteiger partial charge in [0.05, 0.1) is 11.9 Å². The van der Waals surface area contributed by atoms with Crippen LogP contribution in [0.5, 0.6) is 0 Å². The molecule has 8 nitrogen and oxygen atoms in total. The number of fused-ring (bicyclic) bond motifs is 1. The van der Waals surface area contributed by atoms with E-state index in [2.05, 4.69) is 0 Å². The van der Waals surface area contributed by atoms with E-state index in [1.54, 1.807) is 23.1 Å². The van der Waals surface area contributed by atoms with Crippen LogP contribution < -0.4 is 5.43 Å². The minimum absolute atomic E-state index is 0.109. The van der Waals surface area contributed by atoms with Crippen LogP contribution in [0.25, 0.3) is 11.0 Å². The van der Waals surface area contributed by atoms with Gasteiger partial charge in [0.2, 0.25) is 11.7 Å². The second-order valence-corrected chi connectivity index (χ2v) is 6.37. The predicted octanol–water partition coefficient (Wildman–Crippen LogP) is 1.59. The number of benzene rings is 1. The van der Waals surface area contributed by atoms with Gasteiger partial charge in [0.15, 0.2) is 12.0 Å². The predicted molar refractivity (Wildman–Crippen MR) is 103 cm³/mol. The molecule has 0 saturated carbocycles. The first-order valence-corrected chi connectivity index (χ1v) is 9.00. The van der Waals surface area contributed by atoms with Gasteiger partial charge in [-0.1, -0.05) is 11.6 Å². The molecule has 0 radical (unpaired) electrons. The maximum Gasteiger partial charge on any atom is 0.374 e. The molecule has 28 heavy (non-hydrogen) atoms. The van der Waals surface area contributed by atoms with Crippen molar-refractivity contribution in [2.75, 3.05) is 33.3 Å². The van der Waals surface area contributed by atoms with E-state index in [0.717, 1.165) is 11.6 Å². The molecule has 0 spiro atoms. The van der Waals surface area contributed by atoms with E-state index >= 15 is 0 Å². The Morgan fingerprint density at radius 3 is 2.39 bits per heavy atom. The van der Waals surface area contributed by atoms with Crippen LogP contribution in [0.3, 0.4) is 0 Å². The highest BCUT2D eigenvalue weighted by Gasteiger charge is 2.20. The van der Waals surface area contributed by atoms with Crippen LogP contribution in [0, 0.1) is 6.92 Å². The smallest absolute Gasteiger partial charge is 0.374 e. The molecule has 2 aromatic rings. The maximum atomic E-state index is 12.2. The molecule has 0 saturated heterocycles. The normalized spacial score (nSPS) is 10.6. The summed E-state index contributed by atoms with van der Waals surface area (Å²) in [5.74, 6) is -1.93. The van der Waals surface area contributed by atoms with Crippen molar-refractivity contribution in [1.82, 2.24) is 9.80 Å². The van der Waals surface area contributed by atoms with Crippen molar-refractivity contribution in [3.63, 3.8) is 0 Å². The summed E-state index contributed by atoms with van der Waals surface area (Å²) in [6.45, 7) is 5.97. The Morgan fingerprint density at radius 1 is 1.07 bits per heavy atom. The summed E-state index contributed by atoms with van der Waals surface area (Å²) in [5, 5.41) is 0.363. The zero-order chi connectivity index (χ0) is 20.8. The van der Waals surface area contributed by atoms with Gasteiger partial charge in [0.1, 0.15) is 5.58 Å². The number of ether oxygens (including phenoxy) is 1. The first-order chi connectivity index (χ1) is 13.3. The van der Waals surface area contributed by atoms with Gasteiger partial charge in [-0.15, -0.1) is 0 Å². The van der Waals surface area contributed by atoms with Crippen molar-refractivity contribution in [2.45, 2.75) is 20.8 Å². The number of carbonyl (C=O) groups excluding carboxylic acids is 3. The Kier molecular flexibility index (Phi) is 6.92. The topological polar surface area (TPSA) is 97.1 Å². The number of hydrogen-bond acceptors (Lipinski definition) is 6. The average molecular weight is 388 g/mol. The Labute approximate surface area is 162 Å². The molecule has 0 bridgehead atoms. The minimum Gasteiger partial charge on any atom is -0.450 e. The Morgan fingerprint density at radius 2 is 1.75 bits per heavy atom. The lowest BCUT2D eigenvalue weighted by Gasteiger charge is -2.23. The van der Waals surface area contributed by atoms with E-state index < -0.39 is 18.5 Å². The average Bonchev–Trinajstić information content (AvgIpc) is 2.67. The molecule has 8 heteroatoms. The molecule has 2 amide bonds. The molecule has 0 aliphatic rings. The van der Waals surface area contributed by atoms with E-state index in [9.17, 15) is 19.2 Å². The second kappa shape index (κ2) is 9.16. The third-order valence-corrected chi connectivity index (χ3v) is 4.32. The van der Waals surface area contributed by atoms with Gasteiger partial charge in [0.25, 0.3) is 5.91 Å². The van der Waals surface area contributed by atoms with Gasteiger partial charge >= 0.3 is 5.97 Å². The molecule has 1 aromatic carbocycles. The molecular weight excluding hydrogens is 364 g/mol. The van der Waals surface area contributed by atoms with Crippen LogP contribution in [0.1, 0.15) is 30.0 Å². The fraction of sp³-hybridized carbons (Fsp3) is 0.400. The third-order valence-electron chi connectivity index (χ3n) is 4.32. The van der Waals surface area contributed by atoms with Gasteiger partial charge in [-0.25, -0.2) is 4.79 Å². The SMILES string of the molecule is CCN(CC)C(=O)CN(C)C(=O)COC(=O)c1cc(=O)c2cc(C)ccc2o1. The van der Waals surface area contributed by atoms with Gasteiger partial charge in [-0.3, -0.25) is 14.4 Å². The van der Waals surface area contributed by atoms with E-state index in [1.165, 1.54) is 11.9 Å². The van der Waals surface area contributed by atoms with Crippen LogP contribution >= 0.6 is 0 Å². The summed E-state index contributed by atoms with van der Waals surface area (Å²) in [6.07, 6.45) is 0. The molecule has 0 aliphatic carbocycles. The summed E-state index contributed by atoms with van der Waals surface area (Å²) in [5.41, 5.74) is 0.784. The Hall–Kier alpha value is -3.16. The fourth-order valence-electron chi connectivity index (χ4n) is 2.65. The van der Waals surface area contributed by atoms with Crippen molar-refractivity contribution >= 4 is 28.8 Å². The zero-order valence-electron chi connectivity index (χ0n) is 16.5. The molecule has 0 atom stereocenters. The van der Waals surface area contributed by atoms with Crippen molar-refractivity contribution in [2.24, 2.45) is 0 Å². The van der Waals surface area contributed by atoms with Gasteiger partial charge in [-0.2, -0.15) is 0 Å². The molecule has 2 rings (SSSR count). The number of nitrogens with zero attached hydrogens (tertiary/aromatic N) is 2. The van der Waals surface area contributed by atoms with Crippen LogP contribution in [0.2, 0.25) is 0 Å². The van der Waals surface area contributed by atoms with Crippen LogP contribution in [-0.4, -0.2) is 60.9 Å². The van der Waals surface area contributed by atoms with E-state index in [0.29, 0.717) is 18.5 Å². The highest BCUT2D eigenvalue weighted by atomic mass is 16.5. The number of amides is 2. The summed E-state index contributed by atoms with van der Waals surface area (Å²) in [6, 6.07) is 6.07. The lowest BCUT2D eigenvalue weighted by molar-refractivity contribution is -0.140. The Bertz CT molecular complexity index is 945. The monoisotopic (exact) mass is 388 g/mol. The van der Waals surface area contributed by atoms with Gasteiger partial charge in [-0.05, 0) is 32.9 Å². The number of rotatable bonds is 7. The van der Waals surface area contributed by atoms with Crippen LogP contribution in [0.15, 0.2) is 33.5 Å². The number of hydrogen-bond donors (Lipinski definition) is 0. The van der Waals surface area contributed by atoms with Crippen molar-refractivity contribution in [1.29, 1.82) is 0 Å². The van der Waals surface area contributed by atoms with Crippen molar-refractivity contribution < 1.29 is 23.5 Å². The third kappa shape index (κ3) is 4.97. The molecule has 0 unspecified atom stereocenters. The first kappa shape index (κ1) is 21.1. The lowest BCUT2D eigenvalue weighted by atomic mass is 10.1. The molecule has 1 aromatic heterocycles. The zero-order valence-corrected chi connectivity index (χ0v) is 16.5. The molecule has 0 aliphatic heterocycles. The maximum absolute atomic E-state index is 12.2. The molecule has 1 heterocycles. The van der Waals surface area contributed by atoms with Crippen molar-refractivity contribution in [3.8, 4) is 0 Å². The highest BCUT2D eigenvalue weighted by molar-refractivity contribution is 5.91. The van der Waals surface area contributed by atoms with Gasteiger partial charge in [0, 0.05) is 26.2 Å². The van der Waals surface area contributed by atoms with E-state index in [-0.39, 0.29) is 29.2 Å². The quantitative estimate of drug-likeness (QED) is 0.668. The highest BCUT2D eigenvalue weighted by Crippen LogP contribution is 2.14. The summed E-state index contributed by atoms with van der Waals surface area (Å²) in [4.78, 5) is 51.3. The standard InChI is InChI=1S/C20H24N2O6/c1-5-22(6-2)18(24)11-21(4)19(25)12-27-20(26)17-10-15(23)14-9-13(3)7-8-16(14)28-17/h7-10H,5-6,11-12H2,1-4H3. The molecule has 150 valence electrons. The number of esters is 1. The first-order valence-electron chi connectivity index (χ1n) is 9.00. The summed E-state index contributed by atoms with van der Waals surface area (Å²) in [7, 11) is 1.45. The van der Waals surface area contributed by atoms with Gasteiger partial charge < -0.3 is 19.0 Å². The minimum atomic E-state index is -0.920. The van der Waals surface area contributed by atoms with E-state index in [1.807, 2.05) is 20.8 Å². The lowest BCUT2D eigenvalue weighted by Crippen LogP contribution is -2.42. The van der Waals surface area contributed by atoms with Crippen molar-refractivity contribution in [3.05, 3.63) is 45.8 Å². The summed E-state index contributed by atoms with van der Waals surface area (Å²) < 4.78 is 10.4. The molecular formula is C20H24N2O6. The van der Waals surface area contributed by atoms with Crippen LogP contribution in [0.4, 0.5) is 0 Å². The number of carbonyl (C=O) groups is 3. The summed E-state index contributed by atoms with van der Waals surface area (Å²) >= 11 is 0. The number of aryl methyl sites for hydroxylation is 1. The molecule has 0 N–H and O–H groups in total. The fourth-order valence-corrected chi connectivity index (χ4v) is 2.65. The number of likely N-dealkylation sites (N-methyl/N-ethyl adjacent to an activating group) is 2. The molecule has 0 fully saturated rings.